The fraction of sp³-hybridized carbons (Fsp3) is 0.429. The summed E-state index contributed by atoms with van der Waals surface area (Å²) in [6, 6.07) is 7.36. The average molecular weight is 264 g/mol. The van der Waals surface area contributed by atoms with Crippen molar-refractivity contribution in [1.29, 1.82) is 0 Å². The van der Waals surface area contributed by atoms with Crippen LogP contribution >= 0.6 is 0 Å². The molecule has 1 atom stereocenters. The van der Waals surface area contributed by atoms with Gasteiger partial charge in [-0.25, -0.2) is 0 Å². The van der Waals surface area contributed by atoms with Crippen LogP contribution in [-0.4, -0.2) is 30.1 Å². The molecule has 0 fully saturated rings. The van der Waals surface area contributed by atoms with E-state index in [0.717, 1.165) is 12.0 Å². The summed E-state index contributed by atoms with van der Waals surface area (Å²) >= 11 is 0. The van der Waals surface area contributed by atoms with Gasteiger partial charge in [-0.15, -0.1) is 0 Å². The summed E-state index contributed by atoms with van der Waals surface area (Å²) in [5, 5.41) is 13.9. The van der Waals surface area contributed by atoms with Gasteiger partial charge >= 0.3 is 11.8 Å². The molecule has 0 radical (unpaired) electrons. The zero-order chi connectivity index (χ0) is 14.3. The van der Waals surface area contributed by atoms with Crippen LogP contribution in [-0.2, 0) is 16.0 Å². The maximum atomic E-state index is 11.7. The summed E-state index contributed by atoms with van der Waals surface area (Å²) < 4.78 is 0. The van der Waals surface area contributed by atoms with Crippen LogP contribution in [0.15, 0.2) is 24.3 Å². The molecule has 1 aromatic rings. The molecule has 1 rings (SSSR count). The van der Waals surface area contributed by atoms with Crippen molar-refractivity contribution in [2.45, 2.75) is 20.3 Å². The van der Waals surface area contributed by atoms with Crippen LogP contribution in [0.4, 0.5) is 5.69 Å². The Balaban J connectivity index is 2.56. The van der Waals surface area contributed by atoms with E-state index in [1.54, 1.807) is 19.1 Å². The van der Waals surface area contributed by atoms with E-state index in [2.05, 4.69) is 10.6 Å². The molecule has 104 valence electrons. The van der Waals surface area contributed by atoms with Gasteiger partial charge in [-0.2, -0.15) is 0 Å². The molecule has 0 aliphatic carbocycles. The van der Waals surface area contributed by atoms with Crippen molar-refractivity contribution in [2.75, 3.05) is 18.5 Å². The molecule has 0 spiro atoms. The molecular weight excluding hydrogens is 244 g/mol. The molecule has 2 amide bonds. The highest BCUT2D eigenvalue weighted by Crippen LogP contribution is 2.15. The number of carbonyl (C=O) groups is 2. The molecule has 0 aliphatic rings. The summed E-state index contributed by atoms with van der Waals surface area (Å²) in [5.74, 6) is -1.45. The third-order valence-corrected chi connectivity index (χ3v) is 2.78. The first-order chi connectivity index (χ1) is 9.08. The summed E-state index contributed by atoms with van der Waals surface area (Å²) in [6.07, 6.45) is 0.777. The average Bonchev–Trinajstić information content (AvgIpc) is 2.44. The maximum Gasteiger partial charge on any atom is 0.313 e. The normalized spacial score (nSPS) is 11.7. The second kappa shape index (κ2) is 7.53. The number of aliphatic hydroxyl groups is 1. The van der Waals surface area contributed by atoms with Gasteiger partial charge in [0.25, 0.3) is 0 Å². The Kier molecular flexibility index (Phi) is 6.02. The second-order valence-corrected chi connectivity index (χ2v) is 4.46. The number of rotatable bonds is 5. The summed E-state index contributed by atoms with van der Waals surface area (Å²) in [4.78, 5) is 23.3. The number of hydrogen-bond acceptors (Lipinski definition) is 3. The minimum absolute atomic E-state index is 0.0272. The molecule has 0 heterocycles. The number of para-hydroxylation sites is 1. The SMILES string of the molecule is CCc1ccccc1NC(=O)C(=O)NCC(C)CO. The molecule has 0 saturated carbocycles. The molecule has 3 N–H and O–H groups in total. The summed E-state index contributed by atoms with van der Waals surface area (Å²) in [7, 11) is 0. The Morgan fingerprint density at radius 1 is 1.26 bits per heavy atom. The lowest BCUT2D eigenvalue weighted by Gasteiger charge is -2.11. The Morgan fingerprint density at radius 3 is 2.58 bits per heavy atom. The third-order valence-electron chi connectivity index (χ3n) is 2.78. The van der Waals surface area contributed by atoms with Crippen LogP contribution in [0.25, 0.3) is 0 Å². The number of carbonyl (C=O) groups excluding carboxylic acids is 2. The van der Waals surface area contributed by atoms with Crippen molar-refractivity contribution >= 4 is 17.5 Å². The first-order valence-electron chi connectivity index (χ1n) is 6.36. The topological polar surface area (TPSA) is 78.4 Å². The highest BCUT2D eigenvalue weighted by Gasteiger charge is 2.15. The van der Waals surface area contributed by atoms with Gasteiger partial charge in [-0.1, -0.05) is 32.0 Å². The van der Waals surface area contributed by atoms with Crippen LogP contribution in [0.1, 0.15) is 19.4 Å². The zero-order valence-corrected chi connectivity index (χ0v) is 11.3. The van der Waals surface area contributed by atoms with Gasteiger partial charge in [0.05, 0.1) is 0 Å². The number of aliphatic hydroxyl groups excluding tert-OH is 1. The standard InChI is InChI=1S/C14H20N2O3/c1-3-11-6-4-5-7-12(11)16-14(19)13(18)15-8-10(2)9-17/h4-7,10,17H,3,8-9H2,1-2H3,(H,15,18)(H,16,19). The van der Waals surface area contributed by atoms with Crippen molar-refractivity contribution in [3.8, 4) is 0 Å². The molecule has 0 bridgehead atoms. The quantitative estimate of drug-likeness (QED) is 0.692. The number of benzene rings is 1. The highest BCUT2D eigenvalue weighted by molar-refractivity contribution is 6.39. The van der Waals surface area contributed by atoms with Gasteiger partial charge in [0.2, 0.25) is 0 Å². The molecule has 1 aromatic carbocycles. The smallest absolute Gasteiger partial charge is 0.313 e. The molecule has 1 unspecified atom stereocenters. The van der Waals surface area contributed by atoms with E-state index < -0.39 is 11.8 Å². The lowest BCUT2D eigenvalue weighted by atomic mass is 10.1. The predicted octanol–water partition coefficient (Wildman–Crippen LogP) is 0.932. The van der Waals surface area contributed by atoms with E-state index in [4.69, 9.17) is 5.11 Å². The molecule has 5 nitrogen and oxygen atoms in total. The third kappa shape index (κ3) is 4.71. The number of aryl methyl sites for hydroxylation is 1. The van der Waals surface area contributed by atoms with Crippen molar-refractivity contribution in [2.24, 2.45) is 5.92 Å². The number of hydrogen-bond donors (Lipinski definition) is 3. The molecule has 19 heavy (non-hydrogen) atoms. The van der Waals surface area contributed by atoms with Crippen LogP contribution in [0, 0.1) is 5.92 Å². The van der Waals surface area contributed by atoms with Gasteiger partial charge in [0.1, 0.15) is 0 Å². The van der Waals surface area contributed by atoms with Crippen molar-refractivity contribution in [3.63, 3.8) is 0 Å². The second-order valence-electron chi connectivity index (χ2n) is 4.46. The minimum Gasteiger partial charge on any atom is -0.396 e. The molecular formula is C14H20N2O3. The predicted molar refractivity (Wildman–Crippen MR) is 73.7 cm³/mol. The summed E-state index contributed by atoms with van der Waals surface area (Å²) in [6.45, 7) is 4.01. The van der Waals surface area contributed by atoms with Crippen molar-refractivity contribution in [3.05, 3.63) is 29.8 Å². The number of anilines is 1. The van der Waals surface area contributed by atoms with Gasteiger partial charge in [0.15, 0.2) is 0 Å². The van der Waals surface area contributed by atoms with Gasteiger partial charge in [0, 0.05) is 18.8 Å². The minimum atomic E-state index is -0.689. The van der Waals surface area contributed by atoms with Gasteiger partial charge in [-0.3, -0.25) is 9.59 Å². The van der Waals surface area contributed by atoms with Crippen LogP contribution < -0.4 is 10.6 Å². The van der Waals surface area contributed by atoms with E-state index >= 15 is 0 Å². The fourth-order valence-electron chi connectivity index (χ4n) is 1.54. The summed E-state index contributed by atoms with van der Waals surface area (Å²) in [5.41, 5.74) is 1.63. The molecule has 0 aromatic heterocycles. The lowest BCUT2D eigenvalue weighted by molar-refractivity contribution is -0.136. The Morgan fingerprint density at radius 2 is 1.95 bits per heavy atom. The zero-order valence-electron chi connectivity index (χ0n) is 11.3. The van der Waals surface area contributed by atoms with Crippen molar-refractivity contribution < 1.29 is 14.7 Å². The Bertz CT molecular complexity index is 446. The van der Waals surface area contributed by atoms with E-state index in [1.165, 1.54) is 0 Å². The first kappa shape index (κ1) is 15.2. The Hall–Kier alpha value is -1.88. The largest absolute Gasteiger partial charge is 0.396 e. The maximum absolute atomic E-state index is 11.7. The Labute approximate surface area is 113 Å². The number of nitrogens with one attached hydrogen (secondary N) is 2. The lowest BCUT2D eigenvalue weighted by Crippen LogP contribution is -2.38. The van der Waals surface area contributed by atoms with E-state index in [-0.39, 0.29) is 19.1 Å². The number of amides is 2. The molecule has 5 heteroatoms. The van der Waals surface area contributed by atoms with Crippen LogP contribution in [0.5, 0.6) is 0 Å². The highest BCUT2D eigenvalue weighted by atomic mass is 16.3. The van der Waals surface area contributed by atoms with Gasteiger partial charge in [-0.05, 0) is 24.0 Å². The van der Waals surface area contributed by atoms with Crippen LogP contribution in [0.3, 0.4) is 0 Å². The first-order valence-corrected chi connectivity index (χ1v) is 6.36. The van der Waals surface area contributed by atoms with Gasteiger partial charge < -0.3 is 15.7 Å². The van der Waals surface area contributed by atoms with Crippen molar-refractivity contribution in [1.82, 2.24) is 5.32 Å². The molecule has 0 aliphatic heterocycles. The monoisotopic (exact) mass is 264 g/mol. The van der Waals surface area contributed by atoms with E-state index in [1.807, 2.05) is 19.1 Å². The van der Waals surface area contributed by atoms with Crippen LogP contribution in [0.2, 0.25) is 0 Å². The fourth-order valence-corrected chi connectivity index (χ4v) is 1.54. The van der Waals surface area contributed by atoms with E-state index in [9.17, 15) is 9.59 Å². The van der Waals surface area contributed by atoms with E-state index in [0.29, 0.717) is 5.69 Å². The molecule has 0 saturated heterocycles.